The van der Waals surface area contributed by atoms with E-state index >= 15 is 0 Å². The summed E-state index contributed by atoms with van der Waals surface area (Å²) < 4.78 is 0. The number of rotatable bonds is 4. The van der Waals surface area contributed by atoms with Crippen molar-refractivity contribution in [3.8, 4) is 0 Å². The van der Waals surface area contributed by atoms with Crippen LogP contribution in [0.15, 0.2) is 42.5 Å². The van der Waals surface area contributed by atoms with Crippen LogP contribution in [0, 0.1) is 0 Å². The van der Waals surface area contributed by atoms with E-state index in [0.29, 0.717) is 18.5 Å². The van der Waals surface area contributed by atoms with E-state index in [1.165, 1.54) is 5.56 Å². The van der Waals surface area contributed by atoms with E-state index in [4.69, 9.17) is 0 Å². The van der Waals surface area contributed by atoms with Gasteiger partial charge in [0.05, 0.1) is 0 Å². The summed E-state index contributed by atoms with van der Waals surface area (Å²) in [6, 6.07) is 13.5. The third-order valence-electron chi connectivity index (χ3n) is 4.78. The lowest BCUT2D eigenvalue weighted by Crippen LogP contribution is -2.35. The molecule has 1 heterocycles. The van der Waals surface area contributed by atoms with Crippen LogP contribution < -0.4 is 10.2 Å². The highest BCUT2D eigenvalue weighted by molar-refractivity contribution is 6.04. The first-order valence-electron chi connectivity index (χ1n) is 8.96. The van der Waals surface area contributed by atoms with Gasteiger partial charge in [-0.2, -0.15) is 0 Å². The Kier molecular flexibility index (Phi) is 5.26. The zero-order valence-electron chi connectivity index (χ0n) is 15.6. The molecule has 136 valence electrons. The van der Waals surface area contributed by atoms with Crippen LogP contribution in [0.3, 0.4) is 0 Å². The fourth-order valence-electron chi connectivity index (χ4n) is 3.19. The molecule has 0 saturated carbocycles. The van der Waals surface area contributed by atoms with Crippen molar-refractivity contribution in [3.05, 3.63) is 59.2 Å². The molecule has 0 aromatic heterocycles. The molecule has 3 rings (SSSR count). The van der Waals surface area contributed by atoms with Crippen molar-refractivity contribution in [1.29, 1.82) is 0 Å². The summed E-state index contributed by atoms with van der Waals surface area (Å²) in [6.45, 7) is 3.27. The average Bonchev–Trinajstić information content (AvgIpc) is 2.66. The minimum absolute atomic E-state index is 0.132. The van der Waals surface area contributed by atoms with Gasteiger partial charge < -0.3 is 15.1 Å². The number of benzene rings is 2. The topological polar surface area (TPSA) is 52.7 Å². The fraction of sp³-hybridized carbons (Fsp3) is 0.333. The molecule has 0 fully saturated rings. The second-order valence-corrected chi connectivity index (χ2v) is 6.80. The van der Waals surface area contributed by atoms with Gasteiger partial charge in [-0.1, -0.05) is 13.0 Å². The van der Waals surface area contributed by atoms with E-state index in [2.05, 4.69) is 5.32 Å². The van der Waals surface area contributed by atoms with Crippen molar-refractivity contribution < 1.29 is 9.59 Å². The van der Waals surface area contributed by atoms with Gasteiger partial charge in [0, 0.05) is 50.5 Å². The highest BCUT2D eigenvalue weighted by Crippen LogP contribution is 2.23. The van der Waals surface area contributed by atoms with E-state index in [1.54, 1.807) is 0 Å². The third kappa shape index (κ3) is 3.87. The van der Waals surface area contributed by atoms with Crippen molar-refractivity contribution in [2.75, 3.05) is 30.9 Å². The van der Waals surface area contributed by atoms with E-state index in [9.17, 15) is 9.59 Å². The van der Waals surface area contributed by atoms with Crippen molar-refractivity contribution in [3.63, 3.8) is 0 Å². The summed E-state index contributed by atoms with van der Waals surface area (Å²) >= 11 is 0. The number of nitrogens with one attached hydrogen (secondary N) is 1. The van der Waals surface area contributed by atoms with Gasteiger partial charge in [0.2, 0.25) is 5.91 Å². The Morgan fingerprint density at radius 1 is 1.08 bits per heavy atom. The molecule has 0 saturated heterocycles. The molecule has 0 unspecified atom stereocenters. The Morgan fingerprint density at radius 3 is 2.46 bits per heavy atom. The van der Waals surface area contributed by atoms with Crippen molar-refractivity contribution in [1.82, 2.24) is 4.90 Å². The van der Waals surface area contributed by atoms with Crippen molar-refractivity contribution in [2.24, 2.45) is 0 Å². The van der Waals surface area contributed by atoms with Crippen LogP contribution in [0.25, 0.3) is 0 Å². The SMILES string of the molecule is CCC(=O)N1CCc2ccc(NC(=O)c3ccc(N(C)C)cc3)cc2C1. The number of carbonyl (C=O) groups excluding carboxylic acids is 2. The number of carbonyl (C=O) groups is 2. The lowest BCUT2D eigenvalue weighted by atomic mass is 9.98. The Bertz CT molecular complexity index is 813. The monoisotopic (exact) mass is 351 g/mol. The van der Waals surface area contributed by atoms with Crippen LogP contribution in [0.5, 0.6) is 0 Å². The molecule has 0 aliphatic carbocycles. The summed E-state index contributed by atoms with van der Waals surface area (Å²) in [5.74, 6) is 0.0404. The van der Waals surface area contributed by atoms with Gasteiger partial charge in [0.25, 0.3) is 5.91 Å². The molecule has 0 bridgehead atoms. The Labute approximate surface area is 154 Å². The molecule has 1 aliphatic heterocycles. The molecule has 0 spiro atoms. The average molecular weight is 351 g/mol. The van der Waals surface area contributed by atoms with Gasteiger partial charge in [-0.05, 0) is 53.9 Å². The van der Waals surface area contributed by atoms with Crippen molar-refractivity contribution in [2.45, 2.75) is 26.3 Å². The van der Waals surface area contributed by atoms with E-state index in [0.717, 1.165) is 29.9 Å². The highest BCUT2D eigenvalue weighted by Gasteiger charge is 2.20. The second-order valence-electron chi connectivity index (χ2n) is 6.80. The zero-order chi connectivity index (χ0) is 18.7. The van der Waals surface area contributed by atoms with E-state index in [-0.39, 0.29) is 11.8 Å². The molecule has 1 N–H and O–H groups in total. The molecule has 2 aromatic carbocycles. The lowest BCUT2D eigenvalue weighted by molar-refractivity contribution is -0.131. The first kappa shape index (κ1) is 18.0. The predicted molar refractivity (Wildman–Crippen MR) is 105 cm³/mol. The summed E-state index contributed by atoms with van der Waals surface area (Å²) in [7, 11) is 3.93. The van der Waals surface area contributed by atoms with Crippen LogP contribution in [-0.4, -0.2) is 37.4 Å². The van der Waals surface area contributed by atoms with Crippen LogP contribution in [0.4, 0.5) is 11.4 Å². The maximum absolute atomic E-state index is 12.5. The van der Waals surface area contributed by atoms with Crippen molar-refractivity contribution >= 4 is 23.2 Å². The maximum atomic E-state index is 12.5. The van der Waals surface area contributed by atoms with Crippen LogP contribution in [0.1, 0.15) is 34.8 Å². The molecule has 1 aliphatic rings. The van der Waals surface area contributed by atoms with E-state index < -0.39 is 0 Å². The number of hydrogen-bond donors (Lipinski definition) is 1. The standard InChI is InChI=1S/C21H25N3O2/c1-4-20(25)24-12-11-15-5-8-18(13-17(15)14-24)22-21(26)16-6-9-19(10-7-16)23(2)3/h5-10,13H,4,11-12,14H2,1-3H3,(H,22,26). The Morgan fingerprint density at radius 2 is 1.81 bits per heavy atom. The molecule has 2 aromatic rings. The quantitative estimate of drug-likeness (QED) is 0.919. The minimum Gasteiger partial charge on any atom is -0.378 e. The molecule has 5 heteroatoms. The summed E-state index contributed by atoms with van der Waals surface area (Å²) in [6.07, 6.45) is 1.38. The number of fused-ring (bicyclic) bond motifs is 1. The Balaban J connectivity index is 1.72. The summed E-state index contributed by atoms with van der Waals surface area (Å²) in [5.41, 5.74) is 4.79. The number of hydrogen-bond acceptors (Lipinski definition) is 3. The van der Waals surface area contributed by atoms with Gasteiger partial charge in [-0.15, -0.1) is 0 Å². The number of anilines is 2. The van der Waals surface area contributed by atoms with E-state index in [1.807, 2.05) is 73.3 Å². The number of amides is 2. The van der Waals surface area contributed by atoms with Gasteiger partial charge in [0.15, 0.2) is 0 Å². The number of nitrogens with zero attached hydrogens (tertiary/aromatic N) is 2. The first-order valence-corrected chi connectivity index (χ1v) is 8.96. The highest BCUT2D eigenvalue weighted by atomic mass is 16.2. The molecule has 0 radical (unpaired) electrons. The van der Waals surface area contributed by atoms with Gasteiger partial charge >= 0.3 is 0 Å². The van der Waals surface area contributed by atoms with Gasteiger partial charge in [0.1, 0.15) is 0 Å². The summed E-state index contributed by atoms with van der Waals surface area (Å²) in [4.78, 5) is 28.3. The molecular weight excluding hydrogens is 326 g/mol. The van der Waals surface area contributed by atoms with Crippen LogP contribution >= 0.6 is 0 Å². The molecule has 2 amide bonds. The molecule has 0 atom stereocenters. The maximum Gasteiger partial charge on any atom is 0.255 e. The normalized spacial score (nSPS) is 13.1. The largest absolute Gasteiger partial charge is 0.378 e. The van der Waals surface area contributed by atoms with Gasteiger partial charge in [-0.3, -0.25) is 9.59 Å². The van der Waals surface area contributed by atoms with Crippen LogP contribution in [0.2, 0.25) is 0 Å². The smallest absolute Gasteiger partial charge is 0.255 e. The minimum atomic E-state index is -0.132. The summed E-state index contributed by atoms with van der Waals surface area (Å²) in [5, 5.41) is 2.96. The Hall–Kier alpha value is -2.82. The molecule has 5 nitrogen and oxygen atoms in total. The lowest BCUT2D eigenvalue weighted by Gasteiger charge is -2.29. The fourth-order valence-corrected chi connectivity index (χ4v) is 3.19. The second kappa shape index (κ2) is 7.60. The first-order chi connectivity index (χ1) is 12.5. The molecule has 26 heavy (non-hydrogen) atoms. The molecular formula is C21H25N3O2. The predicted octanol–water partition coefficient (Wildman–Crippen LogP) is 3.30. The van der Waals surface area contributed by atoms with Crippen LogP contribution in [-0.2, 0) is 17.8 Å². The third-order valence-corrected chi connectivity index (χ3v) is 4.78. The zero-order valence-corrected chi connectivity index (χ0v) is 15.6. The van der Waals surface area contributed by atoms with Gasteiger partial charge in [-0.25, -0.2) is 0 Å².